The van der Waals surface area contributed by atoms with Crippen molar-refractivity contribution in [3.63, 3.8) is 0 Å². The Labute approximate surface area is 77.9 Å². The Morgan fingerprint density at radius 1 is 1.42 bits per heavy atom. The van der Waals surface area contributed by atoms with Gasteiger partial charge in [0.05, 0.1) is 5.88 Å². The summed E-state index contributed by atoms with van der Waals surface area (Å²) in [5, 5.41) is 9.15. The molecule has 72 valence electrons. The standard InChI is InChI=1S/C8H16ClNO2/c9-6-8(12)7(11)4-2-1-3-5-10/h7,11H,1-6,10H2. The van der Waals surface area contributed by atoms with Crippen LogP contribution in [-0.4, -0.2) is 29.4 Å². The van der Waals surface area contributed by atoms with Crippen LogP contribution in [0.5, 0.6) is 0 Å². The topological polar surface area (TPSA) is 63.3 Å². The summed E-state index contributed by atoms with van der Waals surface area (Å²) in [5.74, 6) is -0.387. The Morgan fingerprint density at radius 2 is 2.08 bits per heavy atom. The van der Waals surface area contributed by atoms with E-state index >= 15 is 0 Å². The van der Waals surface area contributed by atoms with Crippen LogP contribution in [0.1, 0.15) is 25.7 Å². The molecule has 3 nitrogen and oxygen atoms in total. The summed E-state index contributed by atoms with van der Waals surface area (Å²) in [7, 11) is 0. The number of aliphatic hydroxyl groups is 1. The van der Waals surface area contributed by atoms with Gasteiger partial charge in [-0.15, -0.1) is 11.6 Å². The van der Waals surface area contributed by atoms with Crippen LogP contribution in [-0.2, 0) is 4.79 Å². The maximum absolute atomic E-state index is 10.8. The van der Waals surface area contributed by atoms with Crippen molar-refractivity contribution in [1.29, 1.82) is 0 Å². The predicted molar refractivity (Wildman–Crippen MR) is 49.3 cm³/mol. The van der Waals surface area contributed by atoms with E-state index in [0.29, 0.717) is 13.0 Å². The first-order valence-electron chi connectivity index (χ1n) is 4.19. The molecule has 0 bridgehead atoms. The molecule has 0 fully saturated rings. The van der Waals surface area contributed by atoms with E-state index in [1.54, 1.807) is 0 Å². The van der Waals surface area contributed by atoms with Crippen molar-refractivity contribution in [2.75, 3.05) is 12.4 Å². The number of carbonyl (C=O) groups excluding carboxylic acids is 1. The molecule has 0 aromatic rings. The Balaban J connectivity index is 3.31. The number of halogens is 1. The molecule has 0 aromatic heterocycles. The lowest BCUT2D eigenvalue weighted by Crippen LogP contribution is -2.21. The van der Waals surface area contributed by atoms with Crippen LogP contribution in [0.25, 0.3) is 0 Å². The molecule has 1 atom stereocenters. The number of carbonyl (C=O) groups is 1. The van der Waals surface area contributed by atoms with Gasteiger partial charge in [-0.05, 0) is 19.4 Å². The highest BCUT2D eigenvalue weighted by Crippen LogP contribution is 2.04. The number of rotatable bonds is 7. The normalized spacial score (nSPS) is 12.9. The fourth-order valence-corrected chi connectivity index (χ4v) is 1.09. The summed E-state index contributed by atoms with van der Waals surface area (Å²) >= 11 is 5.26. The van der Waals surface area contributed by atoms with E-state index < -0.39 is 6.10 Å². The first kappa shape index (κ1) is 11.9. The molecule has 0 heterocycles. The Kier molecular flexibility index (Phi) is 7.45. The van der Waals surface area contributed by atoms with Crippen molar-refractivity contribution in [3.8, 4) is 0 Å². The highest BCUT2D eigenvalue weighted by atomic mass is 35.5. The first-order chi connectivity index (χ1) is 5.72. The maximum Gasteiger partial charge on any atom is 0.175 e. The Bertz CT molecular complexity index is 130. The number of nitrogens with two attached hydrogens (primary N) is 1. The fourth-order valence-electron chi connectivity index (χ4n) is 0.909. The predicted octanol–water partition coefficient (Wildman–Crippen LogP) is 0.674. The minimum absolute atomic E-state index is 0.0992. The van der Waals surface area contributed by atoms with Crippen molar-refractivity contribution < 1.29 is 9.90 Å². The SMILES string of the molecule is NCCCCCC(O)C(=O)CCl. The van der Waals surface area contributed by atoms with E-state index in [9.17, 15) is 4.79 Å². The molecule has 0 aliphatic carbocycles. The lowest BCUT2D eigenvalue weighted by atomic mass is 10.1. The zero-order chi connectivity index (χ0) is 9.40. The van der Waals surface area contributed by atoms with Gasteiger partial charge >= 0.3 is 0 Å². The second-order valence-corrected chi connectivity index (χ2v) is 3.02. The van der Waals surface area contributed by atoms with E-state index in [0.717, 1.165) is 19.3 Å². The van der Waals surface area contributed by atoms with Crippen molar-refractivity contribution >= 4 is 17.4 Å². The number of Topliss-reactive ketones (excluding diaryl/α,β-unsaturated/α-hetero) is 1. The second kappa shape index (κ2) is 7.53. The van der Waals surface area contributed by atoms with Gasteiger partial charge in [-0.3, -0.25) is 4.79 Å². The summed E-state index contributed by atoms with van der Waals surface area (Å²) in [6.45, 7) is 0.666. The van der Waals surface area contributed by atoms with Crippen LogP contribution in [0, 0.1) is 0 Å². The number of ketones is 1. The Morgan fingerprint density at radius 3 is 2.58 bits per heavy atom. The van der Waals surface area contributed by atoms with Crippen molar-refractivity contribution in [3.05, 3.63) is 0 Å². The molecule has 0 aliphatic rings. The van der Waals surface area contributed by atoms with Gasteiger partial charge in [0.1, 0.15) is 6.10 Å². The van der Waals surface area contributed by atoms with E-state index in [-0.39, 0.29) is 11.7 Å². The molecule has 0 saturated heterocycles. The number of aliphatic hydroxyl groups excluding tert-OH is 1. The van der Waals surface area contributed by atoms with Gasteiger partial charge in [-0.1, -0.05) is 12.8 Å². The van der Waals surface area contributed by atoms with Crippen LogP contribution >= 0.6 is 11.6 Å². The van der Waals surface area contributed by atoms with Gasteiger partial charge in [0.15, 0.2) is 5.78 Å². The fraction of sp³-hybridized carbons (Fsp3) is 0.875. The number of hydrogen-bond acceptors (Lipinski definition) is 3. The second-order valence-electron chi connectivity index (χ2n) is 2.75. The molecule has 3 N–H and O–H groups in total. The lowest BCUT2D eigenvalue weighted by molar-refractivity contribution is -0.124. The third-order valence-corrected chi connectivity index (χ3v) is 1.95. The number of hydrogen-bond donors (Lipinski definition) is 2. The summed E-state index contributed by atoms with van der Waals surface area (Å²) in [6.07, 6.45) is 2.37. The van der Waals surface area contributed by atoms with Crippen LogP contribution in [0.3, 0.4) is 0 Å². The van der Waals surface area contributed by atoms with Gasteiger partial charge in [0.2, 0.25) is 0 Å². The smallest absolute Gasteiger partial charge is 0.175 e. The number of unbranched alkanes of at least 4 members (excludes halogenated alkanes) is 2. The molecule has 0 spiro atoms. The van der Waals surface area contributed by atoms with Gasteiger partial charge in [0.25, 0.3) is 0 Å². The third kappa shape index (κ3) is 5.52. The molecule has 12 heavy (non-hydrogen) atoms. The molecule has 0 amide bonds. The summed E-state index contributed by atoms with van der Waals surface area (Å²) in [5.41, 5.74) is 5.28. The van der Waals surface area contributed by atoms with Crippen LogP contribution < -0.4 is 5.73 Å². The summed E-state index contributed by atoms with van der Waals surface area (Å²) in [6, 6.07) is 0. The highest BCUT2D eigenvalue weighted by molar-refractivity contribution is 6.28. The van der Waals surface area contributed by atoms with Crippen LogP contribution in [0.2, 0.25) is 0 Å². The van der Waals surface area contributed by atoms with Gasteiger partial charge in [-0.2, -0.15) is 0 Å². The third-order valence-electron chi connectivity index (χ3n) is 1.69. The van der Waals surface area contributed by atoms with Crippen molar-refractivity contribution in [2.45, 2.75) is 31.8 Å². The average molecular weight is 194 g/mol. The molecule has 1 unspecified atom stereocenters. The minimum Gasteiger partial charge on any atom is -0.385 e. The van der Waals surface area contributed by atoms with Crippen molar-refractivity contribution in [2.24, 2.45) is 5.73 Å². The van der Waals surface area contributed by atoms with E-state index in [2.05, 4.69) is 0 Å². The lowest BCUT2D eigenvalue weighted by Gasteiger charge is -2.06. The molecular formula is C8H16ClNO2. The number of alkyl halides is 1. The minimum atomic E-state index is -0.875. The molecule has 0 aliphatic heterocycles. The summed E-state index contributed by atoms with van der Waals surface area (Å²) in [4.78, 5) is 10.8. The quantitative estimate of drug-likeness (QED) is 0.462. The zero-order valence-corrected chi connectivity index (χ0v) is 7.89. The summed E-state index contributed by atoms with van der Waals surface area (Å²) < 4.78 is 0. The first-order valence-corrected chi connectivity index (χ1v) is 4.72. The molecule has 0 aromatic carbocycles. The molecule has 0 rings (SSSR count). The molecule has 0 radical (unpaired) electrons. The van der Waals surface area contributed by atoms with Gasteiger partial charge < -0.3 is 10.8 Å². The van der Waals surface area contributed by atoms with E-state index in [1.165, 1.54) is 0 Å². The molecule has 0 saturated carbocycles. The molecule has 4 heteroatoms. The Hall–Kier alpha value is -0.120. The van der Waals surface area contributed by atoms with Crippen molar-refractivity contribution in [1.82, 2.24) is 0 Å². The monoisotopic (exact) mass is 193 g/mol. The van der Waals surface area contributed by atoms with Crippen LogP contribution in [0.15, 0.2) is 0 Å². The van der Waals surface area contributed by atoms with Gasteiger partial charge in [0, 0.05) is 0 Å². The van der Waals surface area contributed by atoms with Gasteiger partial charge in [-0.25, -0.2) is 0 Å². The average Bonchev–Trinajstić information content (AvgIpc) is 2.10. The highest BCUT2D eigenvalue weighted by Gasteiger charge is 2.12. The maximum atomic E-state index is 10.8. The van der Waals surface area contributed by atoms with Crippen LogP contribution in [0.4, 0.5) is 0 Å². The van der Waals surface area contributed by atoms with E-state index in [1.807, 2.05) is 0 Å². The molecular weight excluding hydrogens is 178 g/mol. The zero-order valence-electron chi connectivity index (χ0n) is 7.13. The largest absolute Gasteiger partial charge is 0.385 e. The van der Waals surface area contributed by atoms with E-state index in [4.69, 9.17) is 22.4 Å².